The van der Waals surface area contributed by atoms with E-state index in [9.17, 15) is 4.79 Å². The zero-order valence-electron chi connectivity index (χ0n) is 19.7. The molecule has 1 aliphatic carbocycles. The Balaban J connectivity index is 1.62. The van der Waals surface area contributed by atoms with Crippen LogP contribution in [0.2, 0.25) is 0 Å². The molecule has 0 bridgehead atoms. The van der Waals surface area contributed by atoms with Crippen molar-refractivity contribution in [1.29, 1.82) is 0 Å². The first-order chi connectivity index (χ1) is 15.1. The van der Waals surface area contributed by atoms with Gasteiger partial charge < -0.3 is 0 Å². The molecule has 1 aromatic heterocycles. The lowest BCUT2D eigenvalue weighted by atomic mass is 9.82. The number of benzene rings is 2. The van der Waals surface area contributed by atoms with Gasteiger partial charge in [-0.1, -0.05) is 70.1 Å². The fraction of sp³-hybridized carbons (Fsp3) is 0.385. The van der Waals surface area contributed by atoms with Crippen LogP contribution in [-0.2, 0) is 17.3 Å². The summed E-state index contributed by atoms with van der Waals surface area (Å²) >= 11 is 0. The van der Waals surface area contributed by atoms with Gasteiger partial charge in [0.15, 0.2) is 0 Å². The molecule has 3 aromatic rings. The number of allylic oxidation sites excluding steroid dienone is 1. The highest BCUT2D eigenvalue weighted by Gasteiger charge is 2.42. The summed E-state index contributed by atoms with van der Waals surface area (Å²) in [5, 5.41) is 15.7. The second kappa shape index (κ2) is 8.01. The van der Waals surface area contributed by atoms with Crippen LogP contribution in [0.25, 0.3) is 11.6 Å². The standard InChI is InChI=1S/C26H31N5O/c1-7-18-13-21-22(26(5,6)15-25(21,3)4)14-20(18)16(2)12-17-8-10-19(11-9-17)23(32)27-24-28-30-31-29-24/h8-14H,7,15H2,1-6H3,(H2,27,28,29,30,31,32). The Morgan fingerprint density at radius 2 is 1.75 bits per heavy atom. The maximum atomic E-state index is 12.3. The van der Waals surface area contributed by atoms with E-state index in [1.165, 1.54) is 34.2 Å². The molecule has 6 heteroatoms. The van der Waals surface area contributed by atoms with Gasteiger partial charge in [0.1, 0.15) is 0 Å². The molecule has 0 fully saturated rings. The maximum Gasteiger partial charge on any atom is 0.258 e. The summed E-state index contributed by atoms with van der Waals surface area (Å²) in [6, 6.07) is 12.4. The van der Waals surface area contributed by atoms with Gasteiger partial charge in [-0.2, -0.15) is 0 Å². The van der Waals surface area contributed by atoms with Gasteiger partial charge in [-0.3, -0.25) is 10.1 Å². The molecule has 166 valence electrons. The van der Waals surface area contributed by atoms with Crippen molar-refractivity contribution in [3.8, 4) is 0 Å². The van der Waals surface area contributed by atoms with E-state index in [4.69, 9.17) is 0 Å². The van der Waals surface area contributed by atoms with E-state index < -0.39 is 0 Å². The van der Waals surface area contributed by atoms with Crippen LogP contribution in [0.4, 0.5) is 5.95 Å². The molecular weight excluding hydrogens is 398 g/mol. The molecule has 0 spiro atoms. The van der Waals surface area contributed by atoms with E-state index in [-0.39, 0.29) is 22.7 Å². The fourth-order valence-electron chi connectivity index (χ4n) is 5.17. The molecule has 1 aliphatic rings. The predicted octanol–water partition coefficient (Wildman–Crippen LogP) is 5.53. The van der Waals surface area contributed by atoms with Crippen molar-refractivity contribution in [3.05, 3.63) is 69.8 Å². The van der Waals surface area contributed by atoms with Crippen LogP contribution in [0.1, 0.15) is 86.1 Å². The third-order valence-electron chi connectivity index (χ3n) is 6.52. The Morgan fingerprint density at radius 3 is 2.34 bits per heavy atom. The molecule has 2 aromatic carbocycles. The largest absolute Gasteiger partial charge is 0.289 e. The normalized spacial score (nSPS) is 16.6. The number of anilines is 1. The SMILES string of the molecule is CCc1cc2c(cc1C(C)=Cc1ccc(C(=O)Nc3nnn[nH]3)cc1)C(C)(C)CC2(C)C. The first-order valence-electron chi connectivity index (χ1n) is 11.1. The molecule has 1 amide bonds. The van der Waals surface area contributed by atoms with Gasteiger partial charge in [0.05, 0.1) is 0 Å². The fourth-order valence-corrected chi connectivity index (χ4v) is 5.17. The first kappa shape index (κ1) is 21.9. The Labute approximate surface area is 189 Å². The number of aromatic amines is 1. The Kier molecular flexibility index (Phi) is 5.49. The molecule has 32 heavy (non-hydrogen) atoms. The molecule has 1 heterocycles. The molecule has 0 radical (unpaired) electrons. The quantitative estimate of drug-likeness (QED) is 0.522. The van der Waals surface area contributed by atoms with Gasteiger partial charge in [-0.15, -0.1) is 0 Å². The Hall–Kier alpha value is -3.28. The van der Waals surface area contributed by atoms with Gasteiger partial charge in [-0.05, 0) is 86.5 Å². The summed E-state index contributed by atoms with van der Waals surface area (Å²) < 4.78 is 0. The smallest absolute Gasteiger partial charge is 0.258 e. The number of carbonyl (C=O) groups excluding carboxylic acids is 1. The van der Waals surface area contributed by atoms with Crippen LogP contribution in [-0.4, -0.2) is 26.5 Å². The summed E-state index contributed by atoms with van der Waals surface area (Å²) in [5.41, 5.74) is 8.89. The number of H-pyrrole nitrogens is 1. The van der Waals surface area contributed by atoms with Crippen molar-refractivity contribution in [1.82, 2.24) is 20.6 Å². The minimum atomic E-state index is -0.257. The van der Waals surface area contributed by atoms with Crippen LogP contribution in [0.5, 0.6) is 0 Å². The zero-order valence-corrected chi connectivity index (χ0v) is 19.7. The number of aromatic nitrogens is 4. The lowest BCUT2D eigenvalue weighted by Crippen LogP contribution is -2.18. The lowest BCUT2D eigenvalue weighted by Gasteiger charge is -2.22. The van der Waals surface area contributed by atoms with Crippen molar-refractivity contribution in [2.45, 2.75) is 65.2 Å². The number of hydrogen-bond donors (Lipinski definition) is 2. The molecule has 2 N–H and O–H groups in total. The number of amides is 1. The maximum absolute atomic E-state index is 12.3. The van der Waals surface area contributed by atoms with Gasteiger partial charge in [-0.25, -0.2) is 5.10 Å². The molecule has 6 nitrogen and oxygen atoms in total. The average Bonchev–Trinajstić information content (AvgIpc) is 3.31. The van der Waals surface area contributed by atoms with E-state index in [2.05, 4.69) is 85.7 Å². The Morgan fingerprint density at radius 1 is 1.09 bits per heavy atom. The van der Waals surface area contributed by atoms with Crippen LogP contribution in [0.3, 0.4) is 0 Å². The second-order valence-corrected chi connectivity index (χ2v) is 10.0. The summed E-state index contributed by atoms with van der Waals surface area (Å²) in [5.74, 6) is -0.0304. The van der Waals surface area contributed by atoms with Gasteiger partial charge in [0.25, 0.3) is 5.91 Å². The number of hydrogen-bond acceptors (Lipinski definition) is 4. The second-order valence-electron chi connectivity index (χ2n) is 10.0. The monoisotopic (exact) mass is 429 g/mol. The van der Waals surface area contributed by atoms with Crippen LogP contribution in [0, 0.1) is 0 Å². The minimum absolute atomic E-state index is 0.175. The van der Waals surface area contributed by atoms with Crippen molar-refractivity contribution in [3.63, 3.8) is 0 Å². The number of nitrogens with one attached hydrogen (secondary N) is 2. The van der Waals surface area contributed by atoms with E-state index in [0.717, 1.165) is 12.0 Å². The minimum Gasteiger partial charge on any atom is -0.289 e. The van der Waals surface area contributed by atoms with Gasteiger partial charge in [0, 0.05) is 5.56 Å². The molecule has 0 aliphatic heterocycles. The molecule has 0 unspecified atom stereocenters. The number of tetrazole rings is 1. The van der Waals surface area contributed by atoms with E-state index in [1.807, 2.05) is 24.3 Å². The van der Waals surface area contributed by atoms with Gasteiger partial charge in [0.2, 0.25) is 5.95 Å². The predicted molar refractivity (Wildman–Crippen MR) is 129 cm³/mol. The summed E-state index contributed by atoms with van der Waals surface area (Å²) in [7, 11) is 0. The number of carbonyl (C=O) groups is 1. The van der Waals surface area contributed by atoms with Crippen LogP contribution in [0.15, 0.2) is 36.4 Å². The lowest BCUT2D eigenvalue weighted by molar-refractivity contribution is 0.102. The summed E-state index contributed by atoms with van der Waals surface area (Å²) in [6.45, 7) is 13.8. The summed E-state index contributed by atoms with van der Waals surface area (Å²) in [6.07, 6.45) is 4.36. The summed E-state index contributed by atoms with van der Waals surface area (Å²) in [4.78, 5) is 12.3. The molecular formula is C26H31N5O. The van der Waals surface area contributed by atoms with Crippen molar-refractivity contribution < 1.29 is 4.79 Å². The highest BCUT2D eigenvalue weighted by Crippen LogP contribution is 2.50. The molecule has 4 rings (SSSR count). The third-order valence-corrected chi connectivity index (χ3v) is 6.52. The topological polar surface area (TPSA) is 83.6 Å². The van der Waals surface area contributed by atoms with Crippen LogP contribution >= 0.6 is 0 Å². The number of aryl methyl sites for hydroxylation is 1. The zero-order chi connectivity index (χ0) is 23.1. The average molecular weight is 430 g/mol. The van der Waals surface area contributed by atoms with Gasteiger partial charge >= 0.3 is 0 Å². The van der Waals surface area contributed by atoms with Crippen molar-refractivity contribution in [2.24, 2.45) is 0 Å². The van der Waals surface area contributed by atoms with E-state index in [1.54, 1.807) is 0 Å². The van der Waals surface area contributed by atoms with Crippen molar-refractivity contribution in [2.75, 3.05) is 5.32 Å². The highest BCUT2D eigenvalue weighted by atomic mass is 16.1. The van der Waals surface area contributed by atoms with Crippen LogP contribution < -0.4 is 5.32 Å². The molecule has 0 atom stereocenters. The number of rotatable bonds is 5. The highest BCUT2D eigenvalue weighted by molar-refractivity contribution is 6.03. The first-order valence-corrected chi connectivity index (χ1v) is 11.1. The van der Waals surface area contributed by atoms with E-state index >= 15 is 0 Å². The third kappa shape index (κ3) is 4.09. The Bertz CT molecular complexity index is 1170. The van der Waals surface area contributed by atoms with E-state index in [0.29, 0.717) is 5.56 Å². The van der Waals surface area contributed by atoms with Crippen molar-refractivity contribution >= 4 is 23.5 Å². The number of fused-ring (bicyclic) bond motifs is 1. The molecule has 0 saturated carbocycles. The number of nitrogens with zero attached hydrogens (tertiary/aromatic N) is 3. The molecule has 0 saturated heterocycles.